The van der Waals surface area contributed by atoms with Gasteiger partial charge in [-0.05, 0) is 43.7 Å². The van der Waals surface area contributed by atoms with E-state index < -0.39 is 17.7 Å². The molecule has 0 saturated carbocycles. The molecule has 1 atom stereocenters. The lowest BCUT2D eigenvalue weighted by Gasteiger charge is -2.22. The van der Waals surface area contributed by atoms with Crippen LogP contribution in [0.2, 0.25) is 0 Å². The molecule has 0 aliphatic carbocycles. The Balaban J connectivity index is 1.98. The minimum atomic E-state index is -1.52. The van der Waals surface area contributed by atoms with Gasteiger partial charge in [0, 0.05) is 24.3 Å². The molecule has 0 radical (unpaired) electrons. The molecule has 1 aliphatic rings. The van der Waals surface area contributed by atoms with E-state index in [1.165, 1.54) is 37.6 Å². The molecular weight excluding hydrogens is 508 g/mol. The van der Waals surface area contributed by atoms with Gasteiger partial charge < -0.3 is 24.1 Å². The van der Waals surface area contributed by atoms with Gasteiger partial charge >= 0.3 is 6.09 Å². The Kier molecular flexibility index (Phi) is 10.4. The number of carboxylic acid groups (broad SMARTS) is 1. The maximum absolute atomic E-state index is 15.7. The van der Waals surface area contributed by atoms with Gasteiger partial charge in [-0.1, -0.05) is 0 Å². The molecule has 0 bridgehead atoms. The first-order valence-corrected chi connectivity index (χ1v) is 12.5. The van der Waals surface area contributed by atoms with Crippen molar-refractivity contribution in [3.05, 3.63) is 53.1 Å². The predicted octanol–water partition coefficient (Wildman–Crippen LogP) is 5.33. The van der Waals surface area contributed by atoms with Gasteiger partial charge in [-0.15, -0.1) is 11.8 Å². The Labute approximate surface area is 216 Å². The standard InChI is InChI=1S/C25H25F2N3O6S/c1-33-17-12-18(22(27)20(13-17)34-9-10-36-21-5-3-4-8-35-21)23(24(37-2)30-25(31)32)29-16-7-6-15(14-28)19(26)11-16/h6-7,11-13,21H,3-5,8-10H2,1-2H3,(H,31,32). The molecule has 37 heavy (non-hydrogen) atoms. The third-order valence-corrected chi connectivity index (χ3v) is 5.86. The van der Waals surface area contributed by atoms with Crippen molar-refractivity contribution in [2.24, 2.45) is 9.98 Å². The molecule has 3 rings (SSSR count). The Morgan fingerprint density at radius 2 is 2.08 bits per heavy atom. The van der Waals surface area contributed by atoms with Gasteiger partial charge in [-0.2, -0.15) is 10.3 Å². The van der Waals surface area contributed by atoms with E-state index in [4.69, 9.17) is 24.2 Å². The van der Waals surface area contributed by atoms with Crippen molar-refractivity contribution in [1.82, 2.24) is 0 Å². The van der Waals surface area contributed by atoms with E-state index in [-0.39, 0.29) is 58.6 Å². The first kappa shape index (κ1) is 28.0. The number of nitriles is 1. The number of methoxy groups -OCH3 is 1. The molecular formula is C25H25F2N3O6S. The van der Waals surface area contributed by atoms with Crippen molar-refractivity contribution in [1.29, 1.82) is 5.26 Å². The van der Waals surface area contributed by atoms with Gasteiger partial charge in [-0.25, -0.2) is 18.6 Å². The summed E-state index contributed by atoms with van der Waals surface area (Å²) in [4.78, 5) is 19.2. The topological polar surface area (TPSA) is 123 Å². The smallest absolute Gasteiger partial charge is 0.432 e. The fourth-order valence-corrected chi connectivity index (χ4v) is 3.96. The van der Waals surface area contributed by atoms with Gasteiger partial charge in [0.25, 0.3) is 0 Å². The number of nitrogens with zero attached hydrogens (tertiary/aromatic N) is 3. The average molecular weight is 534 g/mol. The number of thioether (sulfide) groups is 1. The summed E-state index contributed by atoms with van der Waals surface area (Å²) in [6.07, 6.45) is 2.44. The summed E-state index contributed by atoms with van der Waals surface area (Å²) in [6, 6.07) is 7.89. The number of ether oxygens (including phenoxy) is 4. The van der Waals surface area contributed by atoms with E-state index in [9.17, 15) is 14.3 Å². The van der Waals surface area contributed by atoms with Crippen molar-refractivity contribution in [2.45, 2.75) is 25.6 Å². The second-order valence-electron chi connectivity index (χ2n) is 7.64. The Morgan fingerprint density at radius 1 is 1.27 bits per heavy atom. The highest BCUT2D eigenvalue weighted by Crippen LogP contribution is 2.31. The van der Waals surface area contributed by atoms with E-state index in [2.05, 4.69) is 9.98 Å². The van der Waals surface area contributed by atoms with Gasteiger partial charge in [-0.3, -0.25) is 0 Å². The number of rotatable bonds is 9. The first-order chi connectivity index (χ1) is 17.9. The van der Waals surface area contributed by atoms with Crippen molar-refractivity contribution in [3.63, 3.8) is 0 Å². The van der Waals surface area contributed by atoms with Crippen LogP contribution in [0.1, 0.15) is 30.4 Å². The third kappa shape index (κ3) is 7.72. The van der Waals surface area contributed by atoms with Crippen molar-refractivity contribution < 1.29 is 37.6 Å². The van der Waals surface area contributed by atoms with Crippen LogP contribution in [0, 0.1) is 23.0 Å². The summed E-state index contributed by atoms with van der Waals surface area (Å²) < 4.78 is 51.9. The summed E-state index contributed by atoms with van der Waals surface area (Å²) >= 11 is 0.908. The second-order valence-corrected chi connectivity index (χ2v) is 8.44. The van der Waals surface area contributed by atoms with Crippen LogP contribution in [0.25, 0.3) is 0 Å². The monoisotopic (exact) mass is 533 g/mol. The number of benzene rings is 2. The highest BCUT2D eigenvalue weighted by atomic mass is 32.2. The number of amides is 1. The van der Waals surface area contributed by atoms with Crippen LogP contribution in [0.3, 0.4) is 0 Å². The van der Waals surface area contributed by atoms with Crippen molar-refractivity contribution in [3.8, 4) is 17.6 Å². The largest absolute Gasteiger partial charge is 0.497 e. The Morgan fingerprint density at radius 3 is 2.70 bits per heavy atom. The van der Waals surface area contributed by atoms with Crippen LogP contribution in [0.15, 0.2) is 40.3 Å². The highest BCUT2D eigenvalue weighted by Gasteiger charge is 2.23. The summed E-state index contributed by atoms with van der Waals surface area (Å²) in [5.41, 5.74) is -0.546. The summed E-state index contributed by atoms with van der Waals surface area (Å²) in [6.45, 7) is 0.786. The van der Waals surface area contributed by atoms with Gasteiger partial charge in [0.1, 0.15) is 35.0 Å². The zero-order valence-corrected chi connectivity index (χ0v) is 21.0. The number of carbonyl (C=O) groups is 1. The molecule has 0 spiro atoms. The minimum Gasteiger partial charge on any atom is -0.497 e. The van der Waals surface area contributed by atoms with E-state index in [0.29, 0.717) is 6.61 Å². The van der Waals surface area contributed by atoms with Crippen LogP contribution < -0.4 is 9.47 Å². The fourth-order valence-electron chi connectivity index (χ4n) is 3.44. The fraction of sp³-hybridized carbons (Fsp3) is 0.360. The molecule has 2 aromatic carbocycles. The lowest BCUT2D eigenvalue weighted by Crippen LogP contribution is -2.24. The first-order valence-electron chi connectivity index (χ1n) is 11.2. The van der Waals surface area contributed by atoms with Crippen LogP contribution >= 0.6 is 11.8 Å². The van der Waals surface area contributed by atoms with Crippen LogP contribution in [0.4, 0.5) is 19.3 Å². The summed E-state index contributed by atoms with van der Waals surface area (Å²) in [7, 11) is 1.37. The quantitative estimate of drug-likeness (QED) is 0.261. The Bertz CT molecular complexity index is 1230. The number of hydrogen-bond donors (Lipinski definition) is 1. The van der Waals surface area contributed by atoms with Crippen LogP contribution in [-0.4, -0.2) is 61.4 Å². The molecule has 1 fully saturated rings. The van der Waals surface area contributed by atoms with E-state index in [0.717, 1.165) is 37.1 Å². The van der Waals surface area contributed by atoms with E-state index >= 15 is 4.39 Å². The lowest BCUT2D eigenvalue weighted by atomic mass is 10.1. The van der Waals surface area contributed by atoms with Crippen molar-refractivity contribution in [2.75, 3.05) is 33.2 Å². The summed E-state index contributed by atoms with van der Waals surface area (Å²) in [5, 5.41) is 18.1. The van der Waals surface area contributed by atoms with Crippen molar-refractivity contribution >= 4 is 34.3 Å². The van der Waals surface area contributed by atoms with Gasteiger partial charge in [0.05, 0.1) is 25.0 Å². The van der Waals surface area contributed by atoms with Gasteiger partial charge in [0.2, 0.25) is 0 Å². The maximum Gasteiger partial charge on any atom is 0.432 e. The third-order valence-electron chi connectivity index (χ3n) is 5.19. The minimum absolute atomic E-state index is 0.00922. The molecule has 1 aliphatic heterocycles. The SMILES string of the molecule is COc1cc(OCCOC2CCCCO2)c(F)c(C(=Nc2ccc(C#N)c(F)c2)C(=NC(=O)O)SC)c1. The molecule has 196 valence electrons. The number of halogens is 2. The normalized spacial score (nSPS) is 16.2. The van der Waals surface area contributed by atoms with Crippen LogP contribution in [0.5, 0.6) is 11.5 Å². The molecule has 1 unspecified atom stereocenters. The number of hydrogen-bond acceptors (Lipinski definition) is 8. The highest BCUT2D eigenvalue weighted by molar-refractivity contribution is 8.15. The molecule has 9 nitrogen and oxygen atoms in total. The zero-order chi connectivity index (χ0) is 26.8. The van der Waals surface area contributed by atoms with E-state index in [1.54, 1.807) is 6.07 Å². The van der Waals surface area contributed by atoms with Crippen LogP contribution in [-0.2, 0) is 9.47 Å². The predicted molar refractivity (Wildman–Crippen MR) is 134 cm³/mol. The summed E-state index contributed by atoms with van der Waals surface area (Å²) in [5.74, 6) is -1.66. The molecule has 1 amide bonds. The molecule has 1 N–H and O–H groups in total. The van der Waals surface area contributed by atoms with Gasteiger partial charge in [0.15, 0.2) is 17.9 Å². The average Bonchev–Trinajstić information content (AvgIpc) is 2.90. The Hall–Kier alpha value is -3.53. The van der Waals surface area contributed by atoms with E-state index in [1.807, 2.05) is 0 Å². The molecule has 1 heterocycles. The zero-order valence-electron chi connectivity index (χ0n) is 20.2. The maximum atomic E-state index is 15.7. The second kappa shape index (κ2) is 13.7. The molecule has 2 aromatic rings. The molecule has 0 aromatic heterocycles. The lowest BCUT2D eigenvalue weighted by molar-refractivity contribution is -0.165. The number of aliphatic imine (C=N–C) groups is 2. The molecule has 1 saturated heterocycles. The molecule has 12 heteroatoms.